The fourth-order valence-electron chi connectivity index (χ4n) is 1.79. The smallest absolute Gasteiger partial charge is 0.308 e. The van der Waals surface area contributed by atoms with E-state index in [0.29, 0.717) is 11.3 Å². The lowest BCUT2D eigenvalue weighted by Gasteiger charge is -2.11. The van der Waals surface area contributed by atoms with E-state index in [-0.39, 0.29) is 5.97 Å². The van der Waals surface area contributed by atoms with E-state index in [1.54, 1.807) is 12.1 Å². The van der Waals surface area contributed by atoms with Crippen molar-refractivity contribution in [1.29, 1.82) is 5.26 Å². The quantitative estimate of drug-likeness (QED) is 0.339. The highest BCUT2D eigenvalue weighted by Crippen LogP contribution is 2.32. The van der Waals surface area contributed by atoms with Crippen LogP contribution in [-0.4, -0.2) is 5.97 Å². The molecule has 2 aromatic rings. The Bertz CT molecular complexity index is 713. The van der Waals surface area contributed by atoms with Gasteiger partial charge in [0.2, 0.25) is 0 Å². The summed E-state index contributed by atoms with van der Waals surface area (Å²) in [6, 6.07) is 18.7. The first-order valence-electron chi connectivity index (χ1n) is 6.26. The van der Waals surface area contributed by atoms with Crippen LogP contribution in [0, 0.1) is 11.3 Å². The molecule has 0 N–H and O–H groups in total. The lowest BCUT2D eigenvalue weighted by Crippen LogP contribution is -2.00. The summed E-state index contributed by atoms with van der Waals surface area (Å²) in [7, 11) is 0. The third kappa shape index (κ3) is 3.92. The summed E-state index contributed by atoms with van der Waals surface area (Å²) in [5.74, 6) is 0.157. The molecule has 0 saturated carbocycles. The molecule has 0 atom stereocenters. The molecule has 0 heterocycles. The van der Waals surface area contributed by atoms with Crippen molar-refractivity contribution in [3.05, 3.63) is 71.3 Å². The molecule has 0 aromatic heterocycles. The molecule has 104 valence electrons. The van der Waals surface area contributed by atoms with E-state index in [9.17, 15) is 4.79 Å². The number of hydrogen-bond acceptors (Lipinski definition) is 3. The number of nitriles is 1. The van der Waals surface area contributed by atoms with Gasteiger partial charge in [-0.05, 0) is 40.3 Å². The van der Waals surface area contributed by atoms with Crippen molar-refractivity contribution in [3.8, 4) is 6.07 Å². The molecule has 21 heavy (non-hydrogen) atoms. The molecule has 0 aliphatic rings. The molecule has 0 saturated heterocycles. The first kappa shape index (κ1) is 15.3. The van der Waals surface area contributed by atoms with E-state index in [0.717, 1.165) is 14.7 Å². The highest BCUT2D eigenvalue weighted by atomic mass is 127. The SMILES string of the molecule is CC(=O)O/C(=C(/I)c1ccc(C#N)cc1)c1ccccc1. The van der Waals surface area contributed by atoms with Crippen molar-refractivity contribution in [2.75, 3.05) is 0 Å². The maximum absolute atomic E-state index is 11.4. The van der Waals surface area contributed by atoms with Crippen LogP contribution in [0.4, 0.5) is 0 Å². The molecule has 0 amide bonds. The Labute approximate surface area is 137 Å². The van der Waals surface area contributed by atoms with E-state index in [2.05, 4.69) is 28.7 Å². The third-order valence-electron chi connectivity index (χ3n) is 2.75. The van der Waals surface area contributed by atoms with Crippen molar-refractivity contribution in [3.63, 3.8) is 0 Å². The maximum atomic E-state index is 11.4. The standard InChI is InChI=1S/C17H12INO2/c1-12(20)21-17(15-5-3-2-4-6-15)16(18)14-9-7-13(11-19)8-10-14/h2-10H,1H3/b17-16+. The van der Waals surface area contributed by atoms with Gasteiger partial charge >= 0.3 is 5.97 Å². The minimum absolute atomic E-state index is 0.364. The fraction of sp³-hybridized carbons (Fsp3) is 0.0588. The van der Waals surface area contributed by atoms with Gasteiger partial charge in [-0.15, -0.1) is 0 Å². The molecule has 0 fully saturated rings. The predicted molar refractivity (Wildman–Crippen MR) is 90.2 cm³/mol. The molecule has 0 radical (unpaired) electrons. The molecular formula is C17H12INO2. The second-order valence-corrected chi connectivity index (χ2v) is 5.37. The molecule has 0 aliphatic heterocycles. The van der Waals surface area contributed by atoms with Gasteiger partial charge in [-0.3, -0.25) is 4.79 Å². The highest BCUT2D eigenvalue weighted by molar-refractivity contribution is 14.1. The van der Waals surface area contributed by atoms with Gasteiger partial charge < -0.3 is 4.74 Å². The van der Waals surface area contributed by atoms with E-state index in [4.69, 9.17) is 10.00 Å². The first-order valence-corrected chi connectivity index (χ1v) is 7.34. The number of rotatable bonds is 3. The Balaban J connectivity index is 2.51. The Morgan fingerprint density at radius 1 is 1.05 bits per heavy atom. The molecule has 4 heteroatoms. The highest BCUT2D eigenvalue weighted by Gasteiger charge is 2.13. The van der Waals surface area contributed by atoms with Gasteiger partial charge in [0.05, 0.1) is 15.2 Å². The van der Waals surface area contributed by atoms with Crippen molar-refractivity contribution in [2.45, 2.75) is 6.92 Å². The van der Waals surface area contributed by atoms with Crippen LogP contribution < -0.4 is 0 Å². The zero-order chi connectivity index (χ0) is 15.2. The van der Waals surface area contributed by atoms with Crippen LogP contribution in [0.5, 0.6) is 0 Å². The monoisotopic (exact) mass is 389 g/mol. The van der Waals surface area contributed by atoms with Gasteiger partial charge in [0, 0.05) is 12.5 Å². The Hall–Kier alpha value is -2.13. The van der Waals surface area contributed by atoms with Crippen LogP contribution >= 0.6 is 22.6 Å². The minimum atomic E-state index is -0.364. The number of carbonyl (C=O) groups is 1. The van der Waals surface area contributed by atoms with Crippen LogP contribution in [0.25, 0.3) is 9.34 Å². The molecule has 0 bridgehead atoms. The zero-order valence-corrected chi connectivity index (χ0v) is 13.5. The van der Waals surface area contributed by atoms with E-state index in [1.807, 2.05) is 42.5 Å². The Kier molecular flexibility index (Phi) is 5.12. The number of halogens is 1. The summed E-state index contributed by atoms with van der Waals surface area (Å²) in [5.41, 5.74) is 2.33. The van der Waals surface area contributed by atoms with Crippen molar-refractivity contribution in [2.24, 2.45) is 0 Å². The average Bonchev–Trinajstić information content (AvgIpc) is 2.53. The van der Waals surface area contributed by atoms with Crippen LogP contribution in [0.3, 0.4) is 0 Å². The summed E-state index contributed by atoms with van der Waals surface area (Å²) in [4.78, 5) is 11.4. The molecule has 2 aromatic carbocycles. The fourth-order valence-corrected chi connectivity index (χ4v) is 2.57. The second-order valence-electron chi connectivity index (χ2n) is 4.29. The molecule has 0 aliphatic carbocycles. The lowest BCUT2D eigenvalue weighted by molar-refractivity contribution is -0.134. The molecular weight excluding hydrogens is 377 g/mol. The van der Waals surface area contributed by atoms with Crippen LogP contribution in [0.15, 0.2) is 54.6 Å². The number of hydrogen-bond donors (Lipinski definition) is 0. The Morgan fingerprint density at radius 3 is 2.19 bits per heavy atom. The molecule has 2 rings (SSSR count). The number of ether oxygens (including phenoxy) is 1. The van der Waals surface area contributed by atoms with Gasteiger partial charge in [0.15, 0.2) is 5.76 Å². The summed E-state index contributed by atoms with van der Waals surface area (Å²) in [6.07, 6.45) is 0. The van der Waals surface area contributed by atoms with Gasteiger partial charge in [-0.25, -0.2) is 0 Å². The van der Waals surface area contributed by atoms with Crippen LogP contribution in [-0.2, 0) is 9.53 Å². The summed E-state index contributed by atoms with van der Waals surface area (Å²) >= 11 is 2.15. The number of nitrogens with zero attached hydrogens (tertiary/aromatic N) is 1. The summed E-state index contributed by atoms with van der Waals surface area (Å²) in [5, 5.41) is 8.84. The van der Waals surface area contributed by atoms with Gasteiger partial charge in [0.25, 0.3) is 0 Å². The number of benzene rings is 2. The average molecular weight is 389 g/mol. The van der Waals surface area contributed by atoms with Gasteiger partial charge in [-0.2, -0.15) is 5.26 Å². The van der Waals surface area contributed by atoms with Crippen LogP contribution in [0.2, 0.25) is 0 Å². The number of carbonyl (C=O) groups excluding carboxylic acids is 1. The van der Waals surface area contributed by atoms with Gasteiger partial charge in [0.1, 0.15) is 0 Å². The van der Waals surface area contributed by atoms with E-state index < -0.39 is 0 Å². The Morgan fingerprint density at radius 2 is 1.67 bits per heavy atom. The lowest BCUT2D eigenvalue weighted by atomic mass is 10.1. The minimum Gasteiger partial charge on any atom is -0.425 e. The maximum Gasteiger partial charge on any atom is 0.308 e. The van der Waals surface area contributed by atoms with Gasteiger partial charge in [-0.1, -0.05) is 42.5 Å². The predicted octanol–water partition coefficient (Wildman–Crippen LogP) is 4.38. The largest absolute Gasteiger partial charge is 0.425 e. The topological polar surface area (TPSA) is 50.1 Å². The summed E-state index contributed by atoms with van der Waals surface area (Å²) < 4.78 is 6.20. The summed E-state index contributed by atoms with van der Waals surface area (Å²) in [6.45, 7) is 1.38. The number of esters is 1. The van der Waals surface area contributed by atoms with Crippen LogP contribution in [0.1, 0.15) is 23.6 Å². The van der Waals surface area contributed by atoms with E-state index >= 15 is 0 Å². The second kappa shape index (κ2) is 7.04. The third-order valence-corrected chi connectivity index (χ3v) is 3.86. The van der Waals surface area contributed by atoms with Crippen molar-refractivity contribution in [1.82, 2.24) is 0 Å². The van der Waals surface area contributed by atoms with Crippen molar-refractivity contribution >= 4 is 37.9 Å². The molecule has 0 unspecified atom stereocenters. The molecule has 0 spiro atoms. The normalized spacial score (nSPS) is 11.3. The molecule has 3 nitrogen and oxygen atoms in total. The van der Waals surface area contributed by atoms with Crippen molar-refractivity contribution < 1.29 is 9.53 Å². The van der Waals surface area contributed by atoms with E-state index in [1.165, 1.54) is 6.92 Å². The zero-order valence-electron chi connectivity index (χ0n) is 11.3. The first-order chi connectivity index (χ1) is 10.1.